The molecule has 2 aromatic heterocycles. The van der Waals surface area contributed by atoms with E-state index in [0.29, 0.717) is 17.4 Å². The van der Waals surface area contributed by atoms with Gasteiger partial charge in [-0.25, -0.2) is 4.98 Å². The van der Waals surface area contributed by atoms with Gasteiger partial charge in [-0.1, -0.05) is 13.8 Å². The summed E-state index contributed by atoms with van der Waals surface area (Å²) < 4.78 is 7.58. The maximum absolute atomic E-state index is 13.0. The lowest BCUT2D eigenvalue weighted by molar-refractivity contribution is 0.0631. The highest BCUT2D eigenvalue weighted by Crippen LogP contribution is 2.33. The topological polar surface area (TPSA) is 77.0 Å². The van der Waals surface area contributed by atoms with Gasteiger partial charge in [0.2, 0.25) is 5.76 Å². The Morgan fingerprint density at radius 2 is 2.12 bits per heavy atom. The average Bonchev–Trinajstić information content (AvgIpc) is 3.17. The third-order valence-corrected chi connectivity index (χ3v) is 5.10. The van der Waals surface area contributed by atoms with E-state index in [1.165, 1.54) is 6.39 Å². The Bertz CT molecular complexity index is 763. The molecule has 2 unspecified atom stereocenters. The van der Waals surface area contributed by atoms with Gasteiger partial charge < -0.3 is 13.9 Å². The Kier molecular flexibility index (Phi) is 3.66. The molecule has 4 heterocycles. The first-order valence-corrected chi connectivity index (χ1v) is 8.68. The number of hydrogen-bond donors (Lipinski definition) is 0. The van der Waals surface area contributed by atoms with Crippen molar-refractivity contribution < 1.29 is 9.21 Å². The predicted octanol–water partition coefficient (Wildman–Crippen LogP) is 2.00. The zero-order valence-corrected chi connectivity index (χ0v) is 14.4. The van der Waals surface area contributed by atoms with E-state index in [1.54, 1.807) is 0 Å². The van der Waals surface area contributed by atoms with Gasteiger partial charge in [-0.3, -0.25) is 4.79 Å². The van der Waals surface area contributed by atoms with Crippen LogP contribution in [-0.4, -0.2) is 42.6 Å². The number of aryl methyl sites for hydroxylation is 1. The largest absolute Gasteiger partial charge is 0.438 e. The van der Waals surface area contributed by atoms with Gasteiger partial charge in [0, 0.05) is 25.4 Å². The molecule has 7 heteroatoms. The molecular formula is C17H23N5O2. The first kappa shape index (κ1) is 15.4. The van der Waals surface area contributed by atoms with Gasteiger partial charge in [0.05, 0.1) is 11.7 Å². The quantitative estimate of drug-likeness (QED) is 0.861. The van der Waals surface area contributed by atoms with Gasteiger partial charge >= 0.3 is 0 Å². The summed E-state index contributed by atoms with van der Waals surface area (Å²) in [7, 11) is 0. The van der Waals surface area contributed by atoms with Crippen LogP contribution in [0.2, 0.25) is 0 Å². The van der Waals surface area contributed by atoms with Crippen molar-refractivity contribution in [3.8, 4) is 0 Å². The van der Waals surface area contributed by atoms with Crippen LogP contribution in [0, 0.1) is 12.8 Å². The van der Waals surface area contributed by atoms with Crippen LogP contribution in [-0.2, 0) is 19.4 Å². The van der Waals surface area contributed by atoms with Crippen molar-refractivity contribution in [2.24, 2.45) is 5.92 Å². The first-order valence-electron chi connectivity index (χ1n) is 8.68. The molecule has 0 spiro atoms. The van der Waals surface area contributed by atoms with Crippen molar-refractivity contribution in [1.82, 2.24) is 24.6 Å². The third kappa shape index (κ3) is 2.42. The van der Waals surface area contributed by atoms with Crippen LogP contribution in [0.4, 0.5) is 0 Å². The lowest BCUT2D eigenvalue weighted by Crippen LogP contribution is -2.42. The predicted molar refractivity (Wildman–Crippen MR) is 86.5 cm³/mol. The number of amides is 1. The zero-order valence-electron chi connectivity index (χ0n) is 14.4. The standard InChI is InChI=1S/C17H23N5O2/c1-10(2)6-14-19-20-15-7-12-4-5-13(8-21(14)15)22(12)17(23)16-11(3)18-9-24-16/h9-10,12-13H,4-8H2,1-3H3. The molecule has 2 aliphatic rings. The molecule has 2 bridgehead atoms. The van der Waals surface area contributed by atoms with E-state index in [1.807, 2.05) is 11.8 Å². The Morgan fingerprint density at radius 3 is 2.83 bits per heavy atom. The second kappa shape index (κ2) is 5.72. The summed E-state index contributed by atoms with van der Waals surface area (Å²) >= 11 is 0. The maximum atomic E-state index is 13.0. The van der Waals surface area contributed by atoms with Crippen molar-refractivity contribution in [2.45, 2.75) is 65.1 Å². The number of aromatic nitrogens is 4. The van der Waals surface area contributed by atoms with E-state index in [0.717, 1.165) is 43.9 Å². The Labute approximate surface area is 141 Å². The SMILES string of the molecule is Cc1ncoc1C(=O)N1C2CCC1Cn1c(CC(C)C)nnc1C2. The van der Waals surface area contributed by atoms with E-state index in [2.05, 4.69) is 33.6 Å². The van der Waals surface area contributed by atoms with Gasteiger partial charge in [-0.05, 0) is 25.7 Å². The lowest BCUT2D eigenvalue weighted by atomic mass is 10.1. The number of nitrogens with zero attached hydrogens (tertiary/aromatic N) is 5. The Morgan fingerprint density at radius 1 is 1.33 bits per heavy atom. The summed E-state index contributed by atoms with van der Waals surface area (Å²) in [5.74, 6) is 2.91. The van der Waals surface area contributed by atoms with E-state index in [-0.39, 0.29) is 18.0 Å². The van der Waals surface area contributed by atoms with Crippen molar-refractivity contribution >= 4 is 5.91 Å². The number of carbonyl (C=O) groups is 1. The minimum atomic E-state index is -0.0402. The second-order valence-electron chi connectivity index (χ2n) is 7.31. The molecule has 0 aromatic carbocycles. The highest BCUT2D eigenvalue weighted by Gasteiger charge is 2.42. The summed E-state index contributed by atoms with van der Waals surface area (Å²) in [4.78, 5) is 19.0. The number of fused-ring (bicyclic) bond motifs is 3. The molecule has 0 saturated carbocycles. The van der Waals surface area contributed by atoms with Crippen molar-refractivity contribution in [3.05, 3.63) is 29.5 Å². The third-order valence-electron chi connectivity index (χ3n) is 5.10. The summed E-state index contributed by atoms with van der Waals surface area (Å²) in [5.41, 5.74) is 0.656. The molecule has 2 aromatic rings. The molecule has 0 aliphatic carbocycles. The highest BCUT2D eigenvalue weighted by atomic mass is 16.3. The molecule has 1 saturated heterocycles. The van der Waals surface area contributed by atoms with Crippen molar-refractivity contribution in [2.75, 3.05) is 0 Å². The van der Waals surface area contributed by atoms with E-state index in [9.17, 15) is 4.79 Å². The van der Waals surface area contributed by atoms with Gasteiger partial charge in [0.15, 0.2) is 6.39 Å². The molecule has 2 atom stereocenters. The molecule has 1 amide bonds. The number of carbonyl (C=O) groups excluding carboxylic acids is 1. The maximum Gasteiger partial charge on any atom is 0.292 e. The Hall–Kier alpha value is -2.18. The molecule has 4 rings (SSSR count). The summed E-state index contributed by atoms with van der Waals surface area (Å²) in [6.07, 6.45) is 5.05. The van der Waals surface area contributed by atoms with Gasteiger partial charge in [-0.15, -0.1) is 10.2 Å². The number of hydrogen-bond acceptors (Lipinski definition) is 5. The minimum Gasteiger partial charge on any atom is -0.438 e. The monoisotopic (exact) mass is 329 g/mol. The van der Waals surface area contributed by atoms with Crippen LogP contribution >= 0.6 is 0 Å². The van der Waals surface area contributed by atoms with E-state index >= 15 is 0 Å². The fourth-order valence-corrected chi connectivity index (χ4v) is 3.97. The van der Waals surface area contributed by atoms with E-state index < -0.39 is 0 Å². The van der Waals surface area contributed by atoms with Crippen LogP contribution in [0.1, 0.15) is 54.6 Å². The molecule has 7 nitrogen and oxygen atoms in total. The second-order valence-corrected chi connectivity index (χ2v) is 7.31. The minimum absolute atomic E-state index is 0.0402. The molecule has 0 radical (unpaired) electrons. The molecule has 128 valence electrons. The molecule has 2 aliphatic heterocycles. The van der Waals surface area contributed by atoms with Crippen LogP contribution in [0.25, 0.3) is 0 Å². The normalized spacial score (nSPS) is 22.8. The summed E-state index contributed by atoms with van der Waals surface area (Å²) in [6, 6.07) is 0.347. The lowest BCUT2D eigenvalue weighted by Gasteiger charge is -2.27. The smallest absolute Gasteiger partial charge is 0.292 e. The van der Waals surface area contributed by atoms with Gasteiger partial charge in [0.25, 0.3) is 5.91 Å². The first-order chi connectivity index (χ1) is 11.5. The molecular weight excluding hydrogens is 306 g/mol. The summed E-state index contributed by atoms with van der Waals surface area (Å²) in [5, 5.41) is 8.79. The number of rotatable bonds is 3. The van der Waals surface area contributed by atoms with Crippen LogP contribution < -0.4 is 0 Å². The molecule has 0 N–H and O–H groups in total. The fraction of sp³-hybridized carbons (Fsp3) is 0.647. The molecule has 24 heavy (non-hydrogen) atoms. The van der Waals surface area contributed by atoms with Gasteiger partial charge in [0.1, 0.15) is 11.6 Å². The fourth-order valence-electron chi connectivity index (χ4n) is 3.97. The number of oxazole rings is 1. The summed E-state index contributed by atoms with van der Waals surface area (Å²) in [6.45, 7) is 6.96. The Balaban J connectivity index is 1.64. The van der Waals surface area contributed by atoms with Gasteiger partial charge in [-0.2, -0.15) is 0 Å². The highest BCUT2D eigenvalue weighted by molar-refractivity contribution is 5.93. The van der Waals surface area contributed by atoms with Crippen LogP contribution in [0.5, 0.6) is 0 Å². The van der Waals surface area contributed by atoms with Crippen LogP contribution in [0.15, 0.2) is 10.8 Å². The average molecular weight is 329 g/mol. The van der Waals surface area contributed by atoms with Crippen LogP contribution in [0.3, 0.4) is 0 Å². The van der Waals surface area contributed by atoms with Crippen molar-refractivity contribution in [3.63, 3.8) is 0 Å². The molecule has 1 fully saturated rings. The van der Waals surface area contributed by atoms with Crippen molar-refractivity contribution in [1.29, 1.82) is 0 Å². The zero-order chi connectivity index (χ0) is 16.8. The van der Waals surface area contributed by atoms with E-state index in [4.69, 9.17) is 4.42 Å².